The van der Waals surface area contributed by atoms with Crippen molar-refractivity contribution in [3.8, 4) is 11.5 Å². The number of carboxylic acids is 1. The number of nitrogens with two attached hydrogens (primary N) is 1. The van der Waals surface area contributed by atoms with Gasteiger partial charge in [0.2, 0.25) is 0 Å². The Hall–Kier alpha value is -3.93. The van der Waals surface area contributed by atoms with Gasteiger partial charge in [0, 0.05) is 30.8 Å². The molecule has 1 atom stereocenters. The number of fused-ring (bicyclic) bond motifs is 3. The van der Waals surface area contributed by atoms with E-state index in [1.165, 1.54) is 25.3 Å². The fourth-order valence-corrected chi connectivity index (χ4v) is 4.90. The molecule has 3 N–H and O–H groups in total. The number of methoxy groups -OCH3 is 1. The van der Waals surface area contributed by atoms with Crippen molar-refractivity contribution in [3.05, 3.63) is 51.3 Å². The summed E-state index contributed by atoms with van der Waals surface area (Å²) in [6, 6.07) is 3.60. The SMILES string of the molecule is CCN1CC(C)n2c(c(OC)c3c(=O)n(Cc4ccc(F)cc4OCCCCCN)nc(C(=O)O)c32)C1=O. The second-order valence-electron chi connectivity index (χ2n) is 9.23. The number of benzene rings is 1. The number of hydrogen-bond acceptors (Lipinski definition) is 7. The average Bonchev–Trinajstić information content (AvgIpc) is 3.25. The predicted octanol–water partition coefficient (Wildman–Crippen LogP) is 2.64. The number of unbranched alkanes of at least 4 members (excludes halogenated alkanes) is 2. The molecule has 4 rings (SSSR count). The molecule has 0 radical (unpaired) electrons. The lowest BCUT2D eigenvalue weighted by atomic mass is 10.2. The molecule has 0 saturated carbocycles. The summed E-state index contributed by atoms with van der Waals surface area (Å²) in [4.78, 5) is 41.0. The molecule has 1 unspecified atom stereocenters. The molecule has 1 aromatic carbocycles. The number of carbonyl (C=O) groups excluding carboxylic acids is 1. The van der Waals surface area contributed by atoms with E-state index in [1.54, 1.807) is 9.47 Å². The normalized spacial score (nSPS) is 15.1. The first-order chi connectivity index (χ1) is 18.2. The van der Waals surface area contributed by atoms with Gasteiger partial charge in [0.25, 0.3) is 11.5 Å². The number of nitrogens with zero attached hydrogens (tertiary/aromatic N) is 4. The van der Waals surface area contributed by atoms with Crippen molar-refractivity contribution in [2.24, 2.45) is 5.73 Å². The van der Waals surface area contributed by atoms with Crippen LogP contribution in [0.3, 0.4) is 0 Å². The molecule has 11 nitrogen and oxygen atoms in total. The molecule has 0 fully saturated rings. The molecule has 1 amide bonds. The van der Waals surface area contributed by atoms with Gasteiger partial charge in [0.15, 0.2) is 17.1 Å². The van der Waals surface area contributed by atoms with Crippen molar-refractivity contribution < 1.29 is 28.6 Å². The monoisotopic (exact) mass is 529 g/mol. The maximum Gasteiger partial charge on any atom is 0.358 e. The average molecular weight is 530 g/mol. The van der Waals surface area contributed by atoms with Crippen LogP contribution in [-0.4, -0.2) is 69.6 Å². The molecule has 0 bridgehead atoms. The van der Waals surface area contributed by atoms with Gasteiger partial charge < -0.3 is 29.8 Å². The van der Waals surface area contributed by atoms with Crippen LogP contribution in [0, 0.1) is 5.82 Å². The Bertz CT molecular complexity index is 1430. The summed E-state index contributed by atoms with van der Waals surface area (Å²) in [5.74, 6) is -1.99. The third-order valence-corrected chi connectivity index (χ3v) is 6.71. The Morgan fingerprint density at radius 2 is 2.03 bits per heavy atom. The first-order valence-corrected chi connectivity index (χ1v) is 12.6. The van der Waals surface area contributed by atoms with E-state index < -0.39 is 17.3 Å². The molecule has 1 aliphatic heterocycles. The van der Waals surface area contributed by atoms with Crippen molar-refractivity contribution in [2.75, 3.05) is 33.4 Å². The molecule has 0 aliphatic carbocycles. The standard InChI is InChI=1S/C26H32FN5O6/c1-4-30-13-15(2)32-21-19(23(37-3)22(32)25(30)34)24(33)31(29-20(21)26(35)36)14-16-8-9-17(27)12-18(16)38-11-7-5-6-10-28/h8-9,12,15H,4-7,10-11,13-14,28H2,1-3H3,(H,35,36). The number of aromatic carboxylic acids is 1. The summed E-state index contributed by atoms with van der Waals surface area (Å²) in [6.45, 7) is 5.19. The number of amides is 1. The lowest BCUT2D eigenvalue weighted by Gasteiger charge is -2.32. The van der Waals surface area contributed by atoms with Gasteiger partial charge in [-0.1, -0.05) is 6.07 Å². The van der Waals surface area contributed by atoms with Gasteiger partial charge in [0.05, 0.1) is 25.8 Å². The highest BCUT2D eigenvalue weighted by molar-refractivity contribution is 6.09. The molecule has 3 heterocycles. The molecule has 204 valence electrons. The first-order valence-electron chi connectivity index (χ1n) is 12.6. The van der Waals surface area contributed by atoms with Crippen LogP contribution in [0.2, 0.25) is 0 Å². The highest BCUT2D eigenvalue weighted by atomic mass is 19.1. The van der Waals surface area contributed by atoms with Gasteiger partial charge in [-0.25, -0.2) is 13.9 Å². The Kier molecular flexibility index (Phi) is 8.00. The van der Waals surface area contributed by atoms with Crippen LogP contribution in [0.25, 0.3) is 10.9 Å². The summed E-state index contributed by atoms with van der Waals surface area (Å²) < 4.78 is 27.9. The zero-order valence-corrected chi connectivity index (χ0v) is 21.7. The summed E-state index contributed by atoms with van der Waals surface area (Å²) in [6.07, 6.45) is 2.42. The zero-order valence-electron chi connectivity index (χ0n) is 21.7. The Morgan fingerprint density at radius 3 is 2.68 bits per heavy atom. The number of hydrogen-bond donors (Lipinski definition) is 2. The minimum atomic E-state index is -1.36. The molecule has 38 heavy (non-hydrogen) atoms. The van der Waals surface area contributed by atoms with E-state index in [1.807, 2.05) is 13.8 Å². The largest absolute Gasteiger partial charge is 0.493 e. The molecule has 0 saturated heterocycles. The minimum absolute atomic E-state index is 0.00846. The highest BCUT2D eigenvalue weighted by Gasteiger charge is 2.38. The minimum Gasteiger partial charge on any atom is -0.493 e. The second kappa shape index (κ2) is 11.2. The quantitative estimate of drug-likeness (QED) is 0.361. The van der Waals surface area contributed by atoms with Crippen LogP contribution in [0.1, 0.15) is 65.7 Å². The Labute approximate surface area is 218 Å². The number of rotatable bonds is 11. The number of likely N-dealkylation sites (N-methyl/N-ethyl adjacent to an activating group) is 1. The van der Waals surface area contributed by atoms with E-state index in [9.17, 15) is 23.9 Å². The van der Waals surface area contributed by atoms with E-state index >= 15 is 0 Å². The van der Waals surface area contributed by atoms with E-state index in [2.05, 4.69) is 5.10 Å². The number of halogens is 1. The summed E-state index contributed by atoms with van der Waals surface area (Å²) in [5, 5.41) is 14.2. The third-order valence-electron chi connectivity index (χ3n) is 6.71. The first kappa shape index (κ1) is 27.1. The fourth-order valence-electron chi connectivity index (χ4n) is 4.90. The van der Waals surface area contributed by atoms with Gasteiger partial charge in [0.1, 0.15) is 17.0 Å². The lowest BCUT2D eigenvalue weighted by molar-refractivity contribution is 0.0669. The third kappa shape index (κ3) is 4.83. The number of carboxylic acid groups (broad SMARTS) is 1. The second-order valence-corrected chi connectivity index (χ2v) is 9.23. The van der Waals surface area contributed by atoms with Gasteiger partial charge in [-0.3, -0.25) is 9.59 Å². The topological polar surface area (TPSA) is 142 Å². The van der Waals surface area contributed by atoms with Crippen LogP contribution in [0.5, 0.6) is 11.5 Å². The molecular formula is C26H32FN5O6. The van der Waals surface area contributed by atoms with Crippen LogP contribution >= 0.6 is 0 Å². The van der Waals surface area contributed by atoms with E-state index in [4.69, 9.17) is 15.2 Å². The van der Waals surface area contributed by atoms with Gasteiger partial charge >= 0.3 is 5.97 Å². The van der Waals surface area contributed by atoms with Gasteiger partial charge in [-0.05, 0) is 45.7 Å². The van der Waals surface area contributed by atoms with Gasteiger partial charge in [-0.15, -0.1) is 0 Å². The summed E-state index contributed by atoms with van der Waals surface area (Å²) >= 11 is 0. The molecule has 1 aliphatic rings. The van der Waals surface area contributed by atoms with Crippen molar-refractivity contribution in [2.45, 2.75) is 45.7 Å². The maximum absolute atomic E-state index is 14.0. The number of ether oxygens (including phenoxy) is 2. The molecule has 3 aromatic rings. The smallest absolute Gasteiger partial charge is 0.358 e. The number of aromatic nitrogens is 3. The number of carbonyl (C=O) groups is 2. The van der Waals surface area contributed by atoms with Crippen LogP contribution in [0.4, 0.5) is 4.39 Å². The predicted molar refractivity (Wildman–Crippen MR) is 138 cm³/mol. The zero-order chi connectivity index (χ0) is 27.6. The van der Waals surface area contributed by atoms with Crippen molar-refractivity contribution in [1.82, 2.24) is 19.2 Å². The van der Waals surface area contributed by atoms with Crippen LogP contribution in [-0.2, 0) is 6.54 Å². The molecule has 0 spiro atoms. The summed E-state index contributed by atoms with van der Waals surface area (Å²) in [7, 11) is 1.33. The molecular weight excluding hydrogens is 497 g/mol. The van der Waals surface area contributed by atoms with E-state index in [-0.39, 0.29) is 52.3 Å². The Balaban J connectivity index is 1.85. The van der Waals surface area contributed by atoms with Crippen LogP contribution in [0.15, 0.2) is 23.0 Å². The maximum atomic E-state index is 14.0. The van der Waals surface area contributed by atoms with Crippen LogP contribution < -0.4 is 20.8 Å². The van der Waals surface area contributed by atoms with Crippen molar-refractivity contribution in [1.29, 1.82) is 0 Å². The van der Waals surface area contributed by atoms with Crippen molar-refractivity contribution in [3.63, 3.8) is 0 Å². The fraction of sp³-hybridized carbons (Fsp3) is 0.462. The lowest BCUT2D eigenvalue weighted by Crippen LogP contribution is -2.42. The summed E-state index contributed by atoms with van der Waals surface area (Å²) in [5.41, 5.74) is 5.09. The van der Waals surface area contributed by atoms with Gasteiger partial charge in [-0.2, -0.15) is 5.10 Å². The highest BCUT2D eigenvalue weighted by Crippen LogP contribution is 2.38. The Morgan fingerprint density at radius 1 is 1.26 bits per heavy atom. The van der Waals surface area contributed by atoms with E-state index in [0.717, 1.165) is 23.9 Å². The van der Waals surface area contributed by atoms with Crippen molar-refractivity contribution >= 4 is 22.8 Å². The molecule has 12 heteroatoms. The van der Waals surface area contributed by atoms with E-state index in [0.29, 0.717) is 31.8 Å². The molecule has 2 aromatic heterocycles.